The molecule has 0 spiro atoms. The highest BCUT2D eigenvalue weighted by Gasteiger charge is 2.21. The third-order valence-corrected chi connectivity index (χ3v) is 5.53. The lowest BCUT2D eigenvalue weighted by Gasteiger charge is -2.35. The summed E-state index contributed by atoms with van der Waals surface area (Å²) in [6, 6.07) is 5.55. The minimum absolute atomic E-state index is 0.547. The molecule has 1 aliphatic rings. The summed E-state index contributed by atoms with van der Waals surface area (Å²) in [6.07, 6.45) is 3.52. The summed E-state index contributed by atoms with van der Waals surface area (Å²) in [5.74, 6) is 1.56. The number of nitrogens with one attached hydrogen (secondary N) is 2. The molecule has 1 saturated heterocycles. The number of hydrogen-bond donors (Lipinski definition) is 2. The molecule has 1 unspecified atom stereocenters. The van der Waals surface area contributed by atoms with Crippen LogP contribution in [0.3, 0.4) is 0 Å². The standard InChI is InChI=1S/C19H34N4S/c1-5-20-19(21-14-16(4)13-18-7-6-12-24-18)22-17-8-10-23(11-9-17)15(2)3/h6-7,12,15-17H,5,8-11,13-14H2,1-4H3,(H2,20,21,22). The van der Waals surface area contributed by atoms with Crippen LogP contribution in [0.4, 0.5) is 0 Å². The Morgan fingerprint density at radius 2 is 2.08 bits per heavy atom. The van der Waals surface area contributed by atoms with Crippen molar-refractivity contribution >= 4 is 17.3 Å². The van der Waals surface area contributed by atoms with Crippen molar-refractivity contribution in [2.45, 2.75) is 59.0 Å². The molecule has 0 aromatic carbocycles. The zero-order valence-corrected chi connectivity index (χ0v) is 16.5. The van der Waals surface area contributed by atoms with Gasteiger partial charge in [-0.25, -0.2) is 0 Å². The van der Waals surface area contributed by atoms with Gasteiger partial charge >= 0.3 is 0 Å². The molecule has 2 heterocycles. The van der Waals surface area contributed by atoms with Crippen LogP contribution in [0.25, 0.3) is 0 Å². The lowest BCUT2D eigenvalue weighted by atomic mass is 10.0. The fourth-order valence-electron chi connectivity index (χ4n) is 3.16. The van der Waals surface area contributed by atoms with Crippen LogP contribution < -0.4 is 10.6 Å². The van der Waals surface area contributed by atoms with E-state index in [-0.39, 0.29) is 0 Å². The van der Waals surface area contributed by atoms with Crippen LogP contribution >= 0.6 is 11.3 Å². The Hall–Kier alpha value is -1.07. The Balaban J connectivity index is 1.80. The van der Waals surface area contributed by atoms with Crippen LogP contribution in [0.1, 0.15) is 45.4 Å². The van der Waals surface area contributed by atoms with Crippen LogP contribution in [-0.2, 0) is 6.42 Å². The van der Waals surface area contributed by atoms with E-state index in [0.29, 0.717) is 18.0 Å². The summed E-state index contributed by atoms with van der Waals surface area (Å²) in [7, 11) is 0. The first-order valence-electron chi connectivity index (χ1n) is 9.39. The largest absolute Gasteiger partial charge is 0.357 e. The summed E-state index contributed by atoms with van der Waals surface area (Å²) in [6.45, 7) is 13.1. The van der Waals surface area contributed by atoms with Crippen LogP contribution in [-0.4, -0.2) is 49.1 Å². The smallest absolute Gasteiger partial charge is 0.191 e. The number of hydrogen-bond acceptors (Lipinski definition) is 3. The molecule has 1 aliphatic heterocycles. The van der Waals surface area contributed by atoms with Crippen LogP contribution in [0, 0.1) is 5.92 Å². The van der Waals surface area contributed by atoms with Crippen molar-refractivity contribution in [1.82, 2.24) is 15.5 Å². The number of rotatable bonds is 7. The molecule has 0 radical (unpaired) electrons. The maximum atomic E-state index is 4.83. The van der Waals surface area contributed by atoms with Crippen molar-refractivity contribution in [3.63, 3.8) is 0 Å². The van der Waals surface area contributed by atoms with Crippen molar-refractivity contribution in [1.29, 1.82) is 0 Å². The highest BCUT2D eigenvalue weighted by atomic mass is 32.1. The van der Waals surface area contributed by atoms with Crippen LogP contribution in [0.15, 0.2) is 22.5 Å². The van der Waals surface area contributed by atoms with Gasteiger partial charge in [0, 0.05) is 43.1 Å². The molecule has 4 nitrogen and oxygen atoms in total. The number of piperidine rings is 1. The number of likely N-dealkylation sites (tertiary alicyclic amines) is 1. The van der Waals surface area contributed by atoms with Gasteiger partial charge in [0.2, 0.25) is 0 Å². The summed E-state index contributed by atoms with van der Waals surface area (Å²) in [5, 5.41) is 9.20. The van der Waals surface area contributed by atoms with Gasteiger partial charge in [0.05, 0.1) is 0 Å². The van der Waals surface area contributed by atoms with E-state index in [0.717, 1.165) is 25.5 Å². The van der Waals surface area contributed by atoms with E-state index in [1.807, 2.05) is 11.3 Å². The van der Waals surface area contributed by atoms with Gasteiger partial charge in [-0.15, -0.1) is 11.3 Å². The second kappa shape index (κ2) is 10.0. The van der Waals surface area contributed by atoms with Gasteiger partial charge < -0.3 is 15.5 Å². The van der Waals surface area contributed by atoms with Crippen molar-refractivity contribution in [3.05, 3.63) is 22.4 Å². The van der Waals surface area contributed by atoms with E-state index >= 15 is 0 Å². The lowest BCUT2D eigenvalue weighted by Crippen LogP contribution is -2.50. The van der Waals surface area contributed by atoms with Gasteiger partial charge in [0.25, 0.3) is 0 Å². The summed E-state index contributed by atoms with van der Waals surface area (Å²) >= 11 is 1.84. The Kier molecular flexibility index (Phi) is 8.06. The number of guanidine groups is 1. The molecule has 0 saturated carbocycles. The van der Waals surface area contributed by atoms with E-state index in [4.69, 9.17) is 4.99 Å². The highest BCUT2D eigenvalue weighted by molar-refractivity contribution is 7.09. The molecule has 24 heavy (non-hydrogen) atoms. The third-order valence-electron chi connectivity index (χ3n) is 4.64. The Morgan fingerprint density at radius 1 is 1.33 bits per heavy atom. The molecule has 1 atom stereocenters. The van der Waals surface area contributed by atoms with E-state index in [1.165, 1.54) is 30.8 Å². The average Bonchev–Trinajstić information content (AvgIpc) is 3.06. The third kappa shape index (κ3) is 6.44. The van der Waals surface area contributed by atoms with Gasteiger partial charge in [0.15, 0.2) is 5.96 Å². The van der Waals surface area contributed by atoms with Crippen molar-refractivity contribution in [3.8, 4) is 0 Å². The average molecular weight is 351 g/mol. The molecule has 136 valence electrons. The molecule has 1 aromatic rings. The van der Waals surface area contributed by atoms with Gasteiger partial charge in [-0.05, 0) is 57.4 Å². The maximum Gasteiger partial charge on any atom is 0.191 e. The molecule has 2 rings (SSSR count). The van der Waals surface area contributed by atoms with Crippen LogP contribution in [0.2, 0.25) is 0 Å². The molecule has 0 aliphatic carbocycles. The molecule has 5 heteroatoms. The van der Waals surface area contributed by atoms with Gasteiger partial charge in [-0.2, -0.15) is 0 Å². The molecule has 2 N–H and O–H groups in total. The zero-order valence-electron chi connectivity index (χ0n) is 15.7. The molecule has 1 fully saturated rings. The first kappa shape index (κ1) is 19.3. The number of nitrogens with zero attached hydrogens (tertiary/aromatic N) is 2. The summed E-state index contributed by atoms with van der Waals surface area (Å²) < 4.78 is 0. The predicted octanol–water partition coefficient (Wildman–Crippen LogP) is 3.35. The minimum atomic E-state index is 0.547. The molecule has 0 amide bonds. The minimum Gasteiger partial charge on any atom is -0.357 e. The fraction of sp³-hybridized carbons (Fsp3) is 0.737. The predicted molar refractivity (Wildman–Crippen MR) is 106 cm³/mol. The second-order valence-corrected chi connectivity index (χ2v) is 8.19. The lowest BCUT2D eigenvalue weighted by molar-refractivity contribution is 0.167. The van der Waals surface area contributed by atoms with Crippen molar-refractivity contribution in [2.24, 2.45) is 10.9 Å². The van der Waals surface area contributed by atoms with Gasteiger partial charge in [-0.3, -0.25) is 4.99 Å². The van der Waals surface area contributed by atoms with E-state index in [9.17, 15) is 0 Å². The van der Waals surface area contributed by atoms with Gasteiger partial charge in [-0.1, -0.05) is 13.0 Å². The Bertz CT molecular complexity index is 476. The normalized spacial score (nSPS) is 18.8. The van der Waals surface area contributed by atoms with E-state index < -0.39 is 0 Å². The second-order valence-electron chi connectivity index (χ2n) is 7.16. The number of thiophene rings is 1. The number of aliphatic imine (C=N–C) groups is 1. The molecular formula is C19H34N4S. The SMILES string of the molecule is CCNC(=NCC(C)Cc1cccs1)NC1CCN(C(C)C)CC1. The first-order chi connectivity index (χ1) is 11.6. The summed E-state index contributed by atoms with van der Waals surface area (Å²) in [4.78, 5) is 8.84. The van der Waals surface area contributed by atoms with Crippen LogP contribution in [0.5, 0.6) is 0 Å². The quantitative estimate of drug-likeness (QED) is 0.585. The fourth-order valence-corrected chi connectivity index (χ4v) is 4.03. The Morgan fingerprint density at radius 3 is 2.67 bits per heavy atom. The first-order valence-corrected chi connectivity index (χ1v) is 10.3. The molecular weight excluding hydrogens is 316 g/mol. The van der Waals surface area contributed by atoms with Gasteiger partial charge in [0.1, 0.15) is 0 Å². The topological polar surface area (TPSA) is 39.7 Å². The van der Waals surface area contributed by atoms with E-state index in [2.05, 4.69) is 60.7 Å². The molecule has 1 aromatic heterocycles. The zero-order chi connectivity index (χ0) is 17.4. The molecule has 0 bridgehead atoms. The summed E-state index contributed by atoms with van der Waals surface area (Å²) in [5.41, 5.74) is 0. The monoisotopic (exact) mass is 350 g/mol. The Labute approximate surface area is 151 Å². The van der Waals surface area contributed by atoms with Crippen molar-refractivity contribution in [2.75, 3.05) is 26.2 Å². The van der Waals surface area contributed by atoms with Crippen molar-refractivity contribution < 1.29 is 0 Å². The highest BCUT2D eigenvalue weighted by Crippen LogP contribution is 2.15. The van der Waals surface area contributed by atoms with E-state index in [1.54, 1.807) is 0 Å². The maximum absolute atomic E-state index is 4.83.